The highest BCUT2D eigenvalue weighted by molar-refractivity contribution is 7.22. The molecule has 0 bridgehead atoms. The molecule has 26 heavy (non-hydrogen) atoms. The first-order valence-corrected chi connectivity index (χ1v) is 9.16. The van der Waals surface area contributed by atoms with Gasteiger partial charge in [-0.1, -0.05) is 17.4 Å². The Kier molecular flexibility index (Phi) is 5.11. The molecule has 1 aromatic heterocycles. The zero-order valence-corrected chi connectivity index (χ0v) is 16.0. The van der Waals surface area contributed by atoms with Gasteiger partial charge < -0.3 is 10.1 Å². The maximum atomic E-state index is 12.7. The zero-order chi connectivity index (χ0) is 18.8. The Morgan fingerprint density at radius 2 is 2.04 bits per heavy atom. The Morgan fingerprint density at radius 3 is 2.73 bits per heavy atom. The van der Waals surface area contributed by atoms with Crippen molar-refractivity contribution in [2.75, 3.05) is 10.7 Å². The number of hydrazine groups is 1. The van der Waals surface area contributed by atoms with Crippen molar-refractivity contribution >= 4 is 38.3 Å². The molecule has 0 spiro atoms. The zero-order valence-electron chi connectivity index (χ0n) is 15.2. The largest absolute Gasteiger partial charge is 0.491 e. The number of ether oxygens (including phenoxy) is 1. The molecule has 6 nitrogen and oxygen atoms in total. The maximum absolute atomic E-state index is 12.7. The number of carbonyl (C=O) groups is 1. The lowest BCUT2D eigenvalue weighted by Crippen LogP contribution is -2.14. The first kappa shape index (κ1) is 18.2. The van der Waals surface area contributed by atoms with Gasteiger partial charge in [0.15, 0.2) is 5.13 Å². The molecule has 0 saturated heterocycles. The van der Waals surface area contributed by atoms with Crippen molar-refractivity contribution in [2.24, 2.45) is 5.84 Å². The molecule has 0 radical (unpaired) electrons. The van der Waals surface area contributed by atoms with E-state index < -0.39 is 0 Å². The summed E-state index contributed by atoms with van der Waals surface area (Å²) in [7, 11) is 0. The molecular weight excluding hydrogens is 348 g/mol. The molecule has 1 amide bonds. The summed E-state index contributed by atoms with van der Waals surface area (Å²) in [5, 5.41) is 3.67. The molecule has 0 aliphatic rings. The van der Waals surface area contributed by atoms with Crippen molar-refractivity contribution in [1.29, 1.82) is 0 Å². The third kappa shape index (κ3) is 3.63. The highest BCUT2D eigenvalue weighted by Gasteiger charge is 2.15. The van der Waals surface area contributed by atoms with Crippen LogP contribution < -0.4 is 21.3 Å². The monoisotopic (exact) mass is 370 g/mol. The van der Waals surface area contributed by atoms with E-state index in [-0.39, 0.29) is 12.0 Å². The number of nitrogens with zero attached hydrogens (tertiary/aromatic N) is 1. The fourth-order valence-electron chi connectivity index (χ4n) is 2.81. The molecule has 0 aliphatic carbocycles. The number of hydrogen-bond donors (Lipinski definition) is 3. The van der Waals surface area contributed by atoms with Crippen LogP contribution in [0.3, 0.4) is 0 Å². The quantitative estimate of drug-likeness (QED) is 0.462. The summed E-state index contributed by atoms with van der Waals surface area (Å²) in [6, 6.07) is 9.14. The predicted molar refractivity (Wildman–Crippen MR) is 107 cm³/mol. The van der Waals surface area contributed by atoms with Crippen molar-refractivity contribution in [3.8, 4) is 5.75 Å². The number of anilines is 2. The van der Waals surface area contributed by atoms with Gasteiger partial charge in [-0.3, -0.25) is 10.2 Å². The van der Waals surface area contributed by atoms with Crippen LogP contribution in [0.5, 0.6) is 5.75 Å². The van der Waals surface area contributed by atoms with Gasteiger partial charge in [0.1, 0.15) is 5.75 Å². The van der Waals surface area contributed by atoms with Gasteiger partial charge >= 0.3 is 0 Å². The van der Waals surface area contributed by atoms with Crippen LogP contribution in [0.25, 0.3) is 10.2 Å². The molecule has 0 fully saturated rings. The molecule has 136 valence electrons. The van der Waals surface area contributed by atoms with Crippen LogP contribution in [0.4, 0.5) is 10.8 Å². The second kappa shape index (κ2) is 7.31. The van der Waals surface area contributed by atoms with E-state index >= 15 is 0 Å². The van der Waals surface area contributed by atoms with Crippen LogP contribution in [0.2, 0.25) is 0 Å². The average Bonchev–Trinajstić information content (AvgIpc) is 3.01. The highest BCUT2D eigenvalue weighted by Crippen LogP contribution is 2.35. The lowest BCUT2D eigenvalue weighted by atomic mass is 10.1. The summed E-state index contributed by atoms with van der Waals surface area (Å²) in [6.07, 6.45) is 0.0527. The van der Waals surface area contributed by atoms with Gasteiger partial charge in [0.25, 0.3) is 5.91 Å². The minimum absolute atomic E-state index is 0.0527. The fraction of sp³-hybridized carbons (Fsp3) is 0.263. The summed E-state index contributed by atoms with van der Waals surface area (Å²) in [6.45, 7) is 7.83. The first-order chi connectivity index (χ1) is 12.4. The standard InChI is InChI=1S/C19H22N4O2S/c1-10(2)25-14-7-5-6-13(9-14)18(24)22-16-11(3)8-15-17(12(16)4)26-19(21-15)23-20/h5-10H,20H2,1-4H3,(H,21,23)(H,22,24). The summed E-state index contributed by atoms with van der Waals surface area (Å²) in [5.41, 5.74) is 6.71. The Bertz CT molecular complexity index is 966. The number of nitrogens with two attached hydrogens (primary N) is 1. The van der Waals surface area contributed by atoms with Crippen molar-refractivity contribution in [1.82, 2.24) is 4.98 Å². The van der Waals surface area contributed by atoms with Gasteiger partial charge in [0.2, 0.25) is 0 Å². The number of benzene rings is 2. The second-order valence-electron chi connectivity index (χ2n) is 6.35. The number of carbonyl (C=O) groups excluding carboxylic acids is 1. The lowest BCUT2D eigenvalue weighted by Gasteiger charge is -2.14. The molecule has 2 aromatic carbocycles. The SMILES string of the molecule is Cc1cc2nc(NN)sc2c(C)c1NC(=O)c1cccc(OC(C)C)c1. The smallest absolute Gasteiger partial charge is 0.255 e. The van der Waals surface area contributed by atoms with Crippen molar-refractivity contribution in [3.63, 3.8) is 0 Å². The molecule has 4 N–H and O–H groups in total. The molecule has 3 rings (SSSR count). The van der Waals surface area contributed by atoms with E-state index in [4.69, 9.17) is 10.6 Å². The number of nitrogens with one attached hydrogen (secondary N) is 2. The maximum Gasteiger partial charge on any atom is 0.255 e. The summed E-state index contributed by atoms with van der Waals surface area (Å²) >= 11 is 1.46. The van der Waals surface area contributed by atoms with Gasteiger partial charge in [0.05, 0.1) is 16.3 Å². The third-order valence-corrected chi connectivity index (χ3v) is 5.07. The molecule has 0 atom stereocenters. The summed E-state index contributed by atoms with van der Waals surface area (Å²) in [4.78, 5) is 17.2. The number of amides is 1. The molecule has 1 heterocycles. The first-order valence-electron chi connectivity index (χ1n) is 8.34. The Morgan fingerprint density at radius 1 is 1.27 bits per heavy atom. The topological polar surface area (TPSA) is 89.3 Å². The van der Waals surface area contributed by atoms with Crippen LogP contribution >= 0.6 is 11.3 Å². The van der Waals surface area contributed by atoms with Crippen LogP contribution in [0, 0.1) is 13.8 Å². The van der Waals surface area contributed by atoms with Crippen LogP contribution in [-0.4, -0.2) is 17.0 Å². The summed E-state index contributed by atoms with van der Waals surface area (Å²) < 4.78 is 6.67. The van der Waals surface area contributed by atoms with E-state index in [0.717, 1.165) is 27.0 Å². The predicted octanol–water partition coefficient (Wildman–Crippen LogP) is 4.24. The molecular formula is C19H22N4O2S. The number of nitrogen functional groups attached to an aromatic ring is 1. The van der Waals surface area contributed by atoms with Crippen LogP contribution in [0.15, 0.2) is 30.3 Å². The molecule has 7 heteroatoms. The third-order valence-electron chi connectivity index (χ3n) is 3.95. The highest BCUT2D eigenvalue weighted by atomic mass is 32.1. The van der Waals surface area contributed by atoms with E-state index in [1.54, 1.807) is 12.1 Å². The number of aromatic nitrogens is 1. The Labute approximate surface area is 156 Å². The van der Waals surface area contributed by atoms with Crippen LogP contribution in [0.1, 0.15) is 35.3 Å². The molecule has 0 unspecified atom stereocenters. The molecule has 3 aromatic rings. The van der Waals surface area contributed by atoms with Crippen molar-refractivity contribution in [2.45, 2.75) is 33.8 Å². The number of thiazole rings is 1. The van der Waals surface area contributed by atoms with Gasteiger partial charge in [-0.05, 0) is 63.1 Å². The lowest BCUT2D eigenvalue weighted by molar-refractivity contribution is 0.102. The van der Waals surface area contributed by atoms with E-state index in [0.29, 0.717) is 16.4 Å². The van der Waals surface area contributed by atoms with Gasteiger partial charge in [-0.2, -0.15) is 0 Å². The van der Waals surface area contributed by atoms with Gasteiger partial charge in [-0.25, -0.2) is 10.8 Å². The number of fused-ring (bicyclic) bond motifs is 1. The molecule has 0 saturated carbocycles. The average molecular weight is 370 g/mol. The normalized spacial score (nSPS) is 11.0. The van der Waals surface area contributed by atoms with Crippen molar-refractivity contribution in [3.05, 3.63) is 47.0 Å². The minimum Gasteiger partial charge on any atom is -0.491 e. The Balaban J connectivity index is 1.92. The number of hydrogen-bond acceptors (Lipinski definition) is 6. The molecule has 0 aliphatic heterocycles. The van der Waals surface area contributed by atoms with E-state index in [2.05, 4.69) is 15.7 Å². The Hall–Kier alpha value is -2.64. The number of aryl methyl sites for hydroxylation is 2. The number of rotatable bonds is 5. The van der Waals surface area contributed by atoms with Crippen LogP contribution in [-0.2, 0) is 0 Å². The minimum atomic E-state index is -0.175. The van der Waals surface area contributed by atoms with Gasteiger partial charge in [0, 0.05) is 11.3 Å². The van der Waals surface area contributed by atoms with E-state index in [1.807, 2.05) is 45.9 Å². The summed E-state index contributed by atoms with van der Waals surface area (Å²) in [5.74, 6) is 5.97. The van der Waals surface area contributed by atoms with E-state index in [9.17, 15) is 4.79 Å². The van der Waals surface area contributed by atoms with Gasteiger partial charge in [-0.15, -0.1) is 0 Å². The fourth-order valence-corrected chi connectivity index (χ4v) is 3.67. The van der Waals surface area contributed by atoms with Crippen molar-refractivity contribution < 1.29 is 9.53 Å². The second-order valence-corrected chi connectivity index (χ2v) is 7.35. The van der Waals surface area contributed by atoms with E-state index in [1.165, 1.54) is 11.3 Å².